The third kappa shape index (κ3) is 5.11. The van der Waals surface area contributed by atoms with Gasteiger partial charge in [-0.05, 0) is 43.3 Å². The van der Waals surface area contributed by atoms with Crippen molar-refractivity contribution in [1.82, 2.24) is 4.98 Å². The molecule has 1 atom stereocenters. The van der Waals surface area contributed by atoms with Crippen LogP contribution in [0.2, 0.25) is 5.02 Å². The van der Waals surface area contributed by atoms with Crippen molar-refractivity contribution >= 4 is 35.0 Å². The number of halogens is 1. The SMILES string of the molecule is C[C@@H](OC(=O)c1ccccc1NCc1ccco1)C(=O)Nc1ccc(Cl)cn1. The first-order chi connectivity index (χ1) is 13.5. The topological polar surface area (TPSA) is 93.5 Å². The molecule has 144 valence electrons. The molecule has 2 heterocycles. The highest BCUT2D eigenvalue weighted by Crippen LogP contribution is 2.18. The summed E-state index contributed by atoms with van der Waals surface area (Å²) in [7, 11) is 0. The van der Waals surface area contributed by atoms with Crippen molar-refractivity contribution in [2.75, 3.05) is 10.6 Å². The van der Waals surface area contributed by atoms with Gasteiger partial charge in [0.05, 0.1) is 23.4 Å². The van der Waals surface area contributed by atoms with Gasteiger partial charge in [0.25, 0.3) is 5.91 Å². The Morgan fingerprint density at radius 3 is 2.71 bits per heavy atom. The summed E-state index contributed by atoms with van der Waals surface area (Å²) in [5, 5.41) is 6.15. The molecule has 2 aromatic heterocycles. The van der Waals surface area contributed by atoms with Gasteiger partial charge in [0.15, 0.2) is 6.10 Å². The summed E-state index contributed by atoms with van der Waals surface area (Å²) in [5.41, 5.74) is 0.897. The fourth-order valence-corrected chi connectivity index (χ4v) is 2.48. The number of ether oxygens (including phenoxy) is 1. The van der Waals surface area contributed by atoms with Crippen LogP contribution in [0, 0.1) is 0 Å². The van der Waals surface area contributed by atoms with E-state index in [1.54, 1.807) is 48.7 Å². The fraction of sp³-hybridized carbons (Fsp3) is 0.150. The van der Waals surface area contributed by atoms with E-state index in [1.807, 2.05) is 6.07 Å². The molecule has 0 saturated carbocycles. The van der Waals surface area contributed by atoms with Crippen molar-refractivity contribution in [3.8, 4) is 0 Å². The van der Waals surface area contributed by atoms with E-state index in [1.165, 1.54) is 13.1 Å². The summed E-state index contributed by atoms with van der Waals surface area (Å²) in [6, 6.07) is 13.7. The number of rotatable bonds is 7. The molecule has 28 heavy (non-hydrogen) atoms. The van der Waals surface area contributed by atoms with Crippen molar-refractivity contribution in [3.05, 3.63) is 77.3 Å². The molecule has 0 fully saturated rings. The first-order valence-corrected chi connectivity index (χ1v) is 8.89. The number of aromatic nitrogens is 1. The van der Waals surface area contributed by atoms with E-state index >= 15 is 0 Å². The van der Waals surface area contributed by atoms with Crippen molar-refractivity contribution in [3.63, 3.8) is 0 Å². The summed E-state index contributed by atoms with van der Waals surface area (Å²) < 4.78 is 10.6. The number of nitrogens with one attached hydrogen (secondary N) is 2. The van der Waals surface area contributed by atoms with E-state index in [4.69, 9.17) is 20.8 Å². The zero-order chi connectivity index (χ0) is 19.9. The van der Waals surface area contributed by atoms with Gasteiger partial charge in [-0.15, -0.1) is 0 Å². The molecule has 0 bridgehead atoms. The number of nitrogens with zero attached hydrogens (tertiary/aromatic N) is 1. The normalized spacial score (nSPS) is 11.5. The Kier molecular flexibility index (Phi) is 6.29. The minimum absolute atomic E-state index is 0.317. The fourth-order valence-electron chi connectivity index (χ4n) is 2.37. The Morgan fingerprint density at radius 2 is 2.00 bits per heavy atom. The number of hydrogen-bond donors (Lipinski definition) is 2. The second kappa shape index (κ2) is 9.05. The molecule has 0 saturated heterocycles. The van der Waals surface area contributed by atoms with Crippen molar-refractivity contribution in [1.29, 1.82) is 0 Å². The number of para-hydroxylation sites is 1. The smallest absolute Gasteiger partial charge is 0.341 e. The average Bonchev–Trinajstić information content (AvgIpc) is 3.22. The third-order valence-corrected chi connectivity index (χ3v) is 4.04. The first-order valence-electron chi connectivity index (χ1n) is 8.51. The maximum atomic E-state index is 12.5. The zero-order valence-electron chi connectivity index (χ0n) is 15.0. The predicted molar refractivity (Wildman–Crippen MR) is 105 cm³/mol. The van der Waals surface area contributed by atoms with E-state index in [9.17, 15) is 9.59 Å². The highest BCUT2D eigenvalue weighted by Gasteiger charge is 2.21. The Hall–Kier alpha value is -3.32. The molecule has 0 aliphatic carbocycles. The van der Waals surface area contributed by atoms with Crippen molar-refractivity contribution in [2.45, 2.75) is 19.6 Å². The van der Waals surface area contributed by atoms with Gasteiger partial charge in [0, 0.05) is 11.9 Å². The first kappa shape index (κ1) is 19.4. The summed E-state index contributed by atoms with van der Waals surface area (Å²) in [6.07, 6.45) is 1.98. The lowest BCUT2D eigenvalue weighted by molar-refractivity contribution is -0.123. The molecule has 0 radical (unpaired) electrons. The van der Waals surface area contributed by atoms with Crippen LogP contribution in [0.4, 0.5) is 11.5 Å². The molecule has 1 aromatic carbocycles. The van der Waals surface area contributed by atoms with E-state index in [-0.39, 0.29) is 0 Å². The Labute approximate surface area is 166 Å². The monoisotopic (exact) mass is 399 g/mol. The van der Waals surface area contributed by atoms with Gasteiger partial charge < -0.3 is 19.8 Å². The molecule has 3 rings (SSSR count). The molecule has 0 aliphatic rings. The molecule has 0 aliphatic heterocycles. The van der Waals surface area contributed by atoms with Crippen LogP contribution in [0.5, 0.6) is 0 Å². The second-order valence-electron chi connectivity index (χ2n) is 5.88. The molecule has 1 amide bonds. The van der Waals surface area contributed by atoms with E-state index in [2.05, 4.69) is 15.6 Å². The van der Waals surface area contributed by atoms with E-state index in [0.717, 1.165) is 5.76 Å². The summed E-state index contributed by atoms with van der Waals surface area (Å²) in [5.74, 6) is -0.0670. The zero-order valence-corrected chi connectivity index (χ0v) is 15.8. The largest absolute Gasteiger partial charge is 0.467 e. The number of carbonyl (C=O) groups is 2. The van der Waals surface area contributed by atoms with Crippen molar-refractivity contribution < 1.29 is 18.7 Å². The number of amides is 1. The third-order valence-electron chi connectivity index (χ3n) is 3.81. The number of hydrogen-bond acceptors (Lipinski definition) is 6. The maximum Gasteiger partial charge on any atom is 0.341 e. The lowest BCUT2D eigenvalue weighted by atomic mass is 10.1. The molecule has 7 nitrogen and oxygen atoms in total. The number of benzene rings is 1. The van der Waals surface area contributed by atoms with Crippen LogP contribution in [0.3, 0.4) is 0 Å². The summed E-state index contributed by atoms with van der Waals surface area (Å²) in [6.45, 7) is 1.90. The molecule has 0 unspecified atom stereocenters. The van der Waals surface area contributed by atoms with Gasteiger partial charge in [-0.25, -0.2) is 9.78 Å². The van der Waals surface area contributed by atoms with Gasteiger partial charge in [-0.2, -0.15) is 0 Å². The molecule has 3 aromatic rings. The maximum absolute atomic E-state index is 12.5. The summed E-state index contributed by atoms with van der Waals surface area (Å²) >= 11 is 5.76. The Balaban J connectivity index is 1.61. The number of carbonyl (C=O) groups excluding carboxylic acids is 2. The highest BCUT2D eigenvalue weighted by atomic mass is 35.5. The number of anilines is 2. The molecular formula is C20H18ClN3O4. The molecular weight excluding hydrogens is 382 g/mol. The van der Waals surface area contributed by atoms with E-state index < -0.39 is 18.0 Å². The predicted octanol–water partition coefficient (Wildman–Crippen LogP) is 4.12. The van der Waals surface area contributed by atoms with Crippen LogP contribution in [0.15, 0.2) is 65.4 Å². The van der Waals surface area contributed by atoms with Gasteiger partial charge in [-0.1, -0.05) is 23.7 Å². The molecule has 0 spiro atoms. The quantitative estimate of drug-likeness (QED) is 0.580. The summed E-state index contributed by atoms with van der Waals surface area (Å²) in [4.78, 5) is 28.8. The lowest BCUT2D eigenvalue weighted by Crippen LogP contribution is -2.30. The molecule has 8 heteroatoms. The van der Waals surface area contributed by atoms with Crippen LogP contribution in [0.1, 0.15) is 23.0 Å². The average molecular weight is 400 g/mol. The minimum atomic E-state index is -1.01. The van der Waals surface area contributed by atoms with Gasteiger partial charge in [-0.3, -0.25) is 4.79 Å². The van der Waals surface area contributed by atoms with Crippen LogP contribution in [-0.2, 0) is 16.1 Å². The lowest BCUT2D eigenvalue weighted by Gasteiger charge is -2.15. The Bertz CT molecular complexity index is 942. The molecule has 2 N–H and O–H groups in total. The number of esters is 1. The number of furan rings is 1. The second-order valence-corrected chi connectivity index (χ2v) is 6.31. The number of pyridine rings is 1. The van der Waals surface area contributed by atoms with Crippen molar-refractivity contribution in [2.24, 2.45) is 0 Å². The highest BCUT2D eigenvalue weighted by molar-refractivity contribution is 6.30. The van der Waals surface area contributed by atoms with Crippen LogP contribution in [-0.4, -0.2) is 23.0 Å². The van der Waals surface area contributed by atoms with Crippen LogP contribution < -0.4 is 10.6 Å². The standard InChI is InChI=1S/C20H18ClN3O4/c1-13(19(25)24-18-9-8-14(21)11-23-18)28-20(26)16-6-2-3-7-17(16)22-12-15-5-4-10-27-15/h2-11,13,22H,12H2,1H3,(H,23,24,25)/t13-/m1/s1. The minimum Gasteiger partial charge on any atom is -0.467 e. The van der Waals surface area contributed by atoms with E-state index in [0.29, 0.717) is 28.6 Å². The van der Waals surface area contributed by atoms with Crippen LogP contribution >= 0.6 is 11.6 Å². The van der Waals surface area contributed by atoms with Gasteiger partial charge in [0.1, 0.15) is 11.6 Å². The Morgan fingerprint density at radius 1 is 1.18 bits per heavy atom. The van der Waals surface area contributed by atoms with Gasteiger partial charge >= 0.3 is 5.97 Å². The van der Waals surface area contributed by atoms with Crippen LogP contribution in [0.25, 0.3) is 0 Å². The van der Waals surface area contributed by atoms with Gasteiger partial charge in [0.2, 0.25) is 0 Å².